The second-order valence-corrected chi connectivity index (χ2v) is 7.05. The van der Waals surface area contributed by atoms with Crippen LogP contribution < -0.4 is 0 Å². The zero-order valence-electron chi connectivity index (χ0n) is 14.9. The van der Waals surface area contributed by atoms with E-state index in [1.165, 1.54) is 16.4 Å². The number of carbonyl (C=O) groups is 2. The molecule has 144 valence electrons. The number of aromatic nitrogens is 4. The van der Waals surface area contributed by atoms with E-state index in [0.29, 0.717) is 30.5 Å². The Labute approximate surface area is 160 Å². The minimum absolute atomic E-state index is 0.0609. The topological polar surface area (TPSA) is 110 Å². The van der Waals surface area contributed by atoms with Crippen molar-refractivity contribution in [1.29, 1.82) is 0 Å². The Morgan fingerprint density at radius 1 is 1.33 bits per heavy atom. The molecular weight excluding hydrogens is 370 g/mol. The summed E-state index contributed by atoms with van der Waals surface area (Å²) in [6.07, 6.45) is 1.53. The molecule has 1 aromatic heterocycles. The summed E-state index contributed by atoms with van der Waals surface area (Å²) in [4.78, 5) is 26.2. The van der Waals surface area contributed by atoms with Crippen LogP contribution in [0.5, 0.6) is 5.75 Å². The van der Waals surface area contributed by atoms with Gasteiger partial charge in [-0.2, -0.15) is 4.68 Å². The fourth-order valence-electron chi connectivity index (χ4n) is 2.90. The molecule has 0 unspecified atom stereocenters. The first kappa shape index (κ1) is 19.2. The number of nitrogens with zero attached hydrogens (tertiary/aromatic N) is 5. The largest absolute Gasteiger partial charge is 0.508 e. The quantitative estimate of drug-likeness (QED) is 0.579. The lowest BCUT2D eigenvalue weighted by atomic mass is 9.98. The maximum Gasteiger partial charge on any atom is 0.310 e. The molecule has 2 heterocycles. The van der Waals surface area contributed by atoms with E-state index in [9.17, 15) is 14.7 Å². The van der Waals surface area contributed by atoms with Crippen LogP contribution in [0.15, 0.2) is 29.4 Å². The SMILES string of the molecule is CCOC(=O)[C@H]1CCCN(C(=O)CSc2nnnn2-c2ccc(O)cc2)C1. The van der Waals surface area contributed by atoms with Crippen LogP contribution in [-0.4, -0.2) is 67.5 Å². The lowest BCUT2D eigenvalue weighted by molar-refractivity contribution is -0.151. The number of rotatable bonds is 6. The lowest BCUT2D eigenvalue weighted by Gasteiger charge is -2.31. The molecule has 0 spiro atoms. The van der Waals surface area contributed by atoms with Gasteiger partial charge in [0.1, 0.15) is 5.75 Å². The summed E-state index contributed by atoms with van der Waals surface area (Å²) in [5, 5.41) is 21.4. The second-order valence-electron chi connectivity index (χ2n) is 6.11. The number of carbonyl (C=O) groups excluding carboxylic acids is 2. The number of amides is 1. The first-order chi connectivity index (χ1) is 13.1. The van der Waals surface area contributed by atoms with Gasteiger partial charge in [0.05, 0.1) is 24.0 Å². The summed E-state index contributed by atoms with van der Waals surface area (Å²) in [6, 6.07) is 6.46. The second kappa shape index (κ2) is 8.85. The minimum Gasteiger partial charge on any atom is -0.508 e. The van der Waals surface area contributed by atoms with Gasteiger partial charge in [-0.05, 0) is 54.5 Å². The molecule has 0 saturated carbocycles. The fraction of sp³-hybridized carbons (Fsp3) is 0.471. The van der Waals surface area contributed by atoms with Crippen molar-refractivity contribution >= 4 is 23.6 Å². The van der Waals surface area contributed by atoms with Gasteiger partial charge in [0.25, 0.3) is 0 Å². The summed E-state index contributed by atoms with van der Waals surface area (Å²) in [6.45, 7) is 3.15. The van der Waals surface area contributed by atoms with Crippen LogP contribution in [0.25, 0.3) is 5.69 Å². The molecule has 1 aliphatic heterocycles. The molecule has 1 saturated heterocycles. The van der Waals surface area contributed by atoms with Crippen LogP contribution in [0.4, 0.5) is 0 Å². The normalized spacial score (nSPS) is 16.9. The molecule has 2 aromatic rings. The molecule has 0 aliphatic carbocycles. The van der Waals surface area contributed by atoms with Gasteiger partial charge < -0.3 is 14.7 Å². The molecule has 1 aliphatic rings. The first-order valence-corrected chi connectivity index (χ1v) is 9.72. The molecular formula is C17H21N5O4S. The summed E-state index contributed by atoms with van der Waals surface area (Å²) < 4.78 is 6.58. The number of piperidine rings is 1. The summed E-state index contributed by atoms with van der Waals surface area (Å²) in [7, 11) is 0. The number of esters is 1. The molecule has 1 atom stereocenters. The van der Waals surface area contributed by atoms with E-state index in [1.807, 2.05) is 0 Å². The maximum atomic E-state index is 12.6. The summed E-state index contributed by atoms with van der Waals surface area (Å²) in [5.74, 6) is -0.228. The summed E-state index contributed by atoms with van der Waals surface area (Å²) >= 11 is 1.23. The lowest BCUT2D eigenvalue weighted by Crippen LogP contribution is -2.43. The molecule has 1 amide bonds. The molecule has 0 radical (unpaired) electrons. The van der Waals surface area contributed by atoms with Crippen LogP contribution in [0.3, 0.4) is 0 Å². The predicted octanol–water partition coefficient (Wildman–Crippen LogP) is 1.26. The van der Waals surface area contributed by atoms with E-state index in [2.05, 4.69) is 15.5 Å². The van der Waals surface area contributed by atoms with Crippen molar-refractivity contribution < 1.29 is 19.4 Å². The molecule has 10 heteroatoms. The Balaban J connectivity index is 1.59. The van der Waals surface area contributed by atoms with E-state index in [4.69, 9.17) is 4.74 Å². The highest BCUT2D eigenvalue weighted by Gasteiger charge is 2.29. The number of benzene rings is 1. The van der Waals surface area contributed by atoms with E-state index >= 15 is 0 Å². The summed E-state index contributed by atoms with van der Waals surface area (Å²) in [5.41, 5.74) is 0.688. The third-order valence-electron chi connectivity index (χ3n) is 4.25. The van der Waals surface area contributed by atoms with E-state index in [-0.39, 0.29) is 29.3 Å². The molecule has 1 N–H and O–H groups in total. The van der Waals surface area contributed by atoms with E-state index in [1.54, 1.807) is 36.1 Å². The molecule has 0 bridgehead atoms. The number of phenolic OH excluding ortho intramolecular Hbond substituents is 1. The Hall–Kier alpha value is -2.62. The van der Waals surface area contributed by atoms with Crippen molar-refractivity contribution in [1.82, 2.24) is 25.1 Å². The van der Waals surface area contributed by atoms with E-state index < -0.39 is 0 Å². The Morgan fingerprint density at radius 2 is 2.11 bits per heavy atom. The number of hydrogen-bond acceptors (Lipinski definition) is 8. The molecule has 3 rings (SSSR count). The Morgan fingerprint density at radius 3 is 2.85 bits per heavy atom. The van der Waals surface area contributed by atoms with E-state index in [0.717, 1.165) is 12.8 Å². The number of tetrazole rings is 1. The van der Waals surface area contributed by atoms with Gasteiger partial charge >= 0.3 is 5.97 Å². The third-order valence-corrected chi connectivity index (χ3v) is 5.16. The monoisotopic (exact) mass is 391 g/mol. The van der Waals surface area contributed by atoms with Gasteiger partial charge in [0.2, 0.25) is 11.1 Å². The number of likely N-dealkylation sites (tertiary alicyclic amines) is 1. The number of hydrogen-bond donors (Lipinski definition) is 1. The van der Waals surface area contributed by atoms with Gasteiger partial charge in [-0.15, -0.1) is 5.10 Å². The Bertz CT molecular complexity index is 795. The zero-order valence-corrected chi connectivity index (χ0v) is 15.8. The van der Waals surface area contributed by atoms with Crippen molar-refractivity contribution in [3.05, 3.63) is 24.3 Å². The van der Waals surface area contributed by atoms with Crippen LogP contribution in [0.2, 0.25) is 0 Å². The van der Waals surface area contributed by atoms with Gasteiger partial charge in [-0.1, -0.05) is 11.8 Å². The fourth-order valence-corrected chi connectivity index (χ4v) is 3.69. The molecule has 27 heavy (non-hydrogen) atoms. The van der Waals surface area contributed by atoms with Crippen LogP contribution in [0, 0.1) is 5.92 Å². The molecule has 9 nitrogen and oxygen atoms in total. The van der Waals surface area contributed by atoms with Crippen LogP contribution >= 0.6 is 11.8 Å². The van der Waals surface area contributed by atoms with Crippen molar-refractivity contribution in [3.63, 3.8) is 0 Å². The van der Waals surface area contributed by atoms with Crippen molar-refractivity contribution in [3.8, 4) is 11.4 Å². The van der Waals surface area contributed by atoms with Gasteiger partial charge in [-0.25, -0.2) is 0 Å². The van der Waals surface area contributed by atoms with Crippen molar-refractivity contribution in [2.45, 2.75) is 24.9 Å². The number of aromatic hydroxyl groups is 1. The standard InChI is InChI=1S/C17H21N5O4S/c1-2-26-16(25)12-4-3-9-21(10-12)15(24)11-27-17-18-19-20-22(17)13-5-7-14(23)8-6-13/h5-8,12,23H,2-4,9-11H2,1H3/t12-/m0/s1. The smallest absolute Gasteiger partial charge is 0.310 e. The predicted molar refractivity (Wildman–Crippen MR) is 97.5 cm³/mol. The number of ether oxygens (including phenoxy) is 1. The van der Waals surface area contributed by atoms with Crippen molar-refractivity contribution in [2.24, 2.45) is 5.92 Å². The molecule has 1 fully saturated rings. The highest BCUT2D eigenvalue weighted by Crippen LogP contribution is 2.22. The third kappa shape index (κ3) is 4.76. The first-order valence-electron chi connectivity index (χ1n) is 8.73. The molecule has 1 aromatic carbocycles. The zero-order chi connectivity index (χ0) is 19.2. The highest BCUT2D eigenvalue weighted by molar-refractivity contribution is 7.99. The van der Waals surface area contributed by atoms with Crippen LogP contribution in [-0.2, 0) is 14.3 Å². The number of phenols is 1. The van der Waals surface area contributed by atoms with Crippen LogP contribution in [0.1, 0.15) is 19.8 Å². The van der Waals surface area contributed by atoms with Gasteiger partial charge in [0.15, 0.2) is 0 Å². The average Bonchev–Trinajstić information content (AvgIpc) is 3.15. The van der Waals surface area contributed by atoms with Crippen molar-refractivity contribution in [2.75, 3.05) is 25.4 Å². The average molecular weight is 391 g/mol. The maximum absolute atomic E-state index is 12.6. The Kier molecular flexibility index (Phi) is 6.28. The number of thioether (sulfide) groups is 1. The van der Waals surface area contributed by atoms with Gasteiger partial charge in [0, 0.05) is 13.1 Å². The highest BCUT2D eigenvalue weighted by atomic mass is 32.2. The van der Waals surface area contributed by atoms with Gasteiger partial charge in [-0.3, -0.25) is 9.59 Å². The minimum atomic E-state index is -0.255.